The van der Waals surface area contributed by atoms with E-state index in [9.17, 15) is 24.9 Å². The zero-order valence-electron chi connectivity index (χ0n) is 42.0. The van der Waals surface area contributed by atoms with Crippen LogP contribution in [0.25, 0.3) is 0 Å². The van der Waals surface area contributed by atoms with E-state index in [2.05, 4.69) is 44.8 Å². The number of nitriles is 2. The number of hydrogen-bond donors (Lipinski definition) is 4. The Labute approximate surface area is 409 Å². The molecule has 3 heterocycles. The fourth-order valence-electron chi connectivity index (χ4n) is 14.2. The van der Waals surface area contributed by atoms with Gasteiger partial charge in [0.1, 0.15) is 17.1 Å². The monoisotopic (exact) mass is 944 g/mol. The summed E-state index contributed by atoms with van der Waals surface area (Å²) in [7, 11) is 0. The Balaban J connectivity index is 1.10. The maximum Gasteiger partial charge on any atom is 0.318 e. The fraction of sp³-hybridized carbons (Fsp3) is 0.889. The molecule has 68 heavy (non-hydrogen) atoms. The number of nitrogens with zero attached hydrogens (tertiary/aromatic N) is 5. The molecule has 5 amide bonds. The molecule has 0 bridgehead atoms. The lowest BCUT2D eigenvalue weighted by Gasteiger charge is -2.48. The molecule has 0 aromatic carbocycles. The molecule has 14 heteroatoms. The van der Waals surface area contributed by atoms with Crippen LogP contribution < -0.4 is 21.7 Å². The van der Waals surface area contributed by atoms with E-state index in [-0.39, 0.29) is 61.3 Å². The molecule has 380 valence electrons. The number of hydrogen-bond acceptors (Lipinski definition) is 9. The number of rotatable bonds is 18. The Morgan fingerprint density at radius 3 is 1.85 bits per heavy atom. The van der Waals surface area contributed by atoms with Crippen molar-refractivity contribution in [2.75, 3.05) is 45.9 Å². The van der Waals surface area contributed by atoms with Crippen LogP contribution in [-0.2, 0) is 19.1 Å². The molecule has 0 aromatic rings. The van der Waals surface area contributed by atoms with Gasteiger partial charge in [0, 0.05) is 44.7 Å². The molecule has 3 saturated heterocycles. The van der Waals surface area contributed by atoms with Gasteiger partial charge >= 0.3 is 6.03 Å². The van der Waals surface area contributed by atoms with Crippen molar-refractivity contribution >= 4 is 23.8 Å². The van der Waals surface area contributed by atoms with Gasteiger partial charge < -0.3 is 36.2 Å². The largest absolute Gasteiger partial charge is 0.377 e. The molecule has 7 rings (SSSR count). The van der Waals surface area contributed by atoms with Gasteiger partial charge in [-0.15, -0.1) is 0 Å². The lowest BCUT2D eigenvalue weighted by molar-refractivity contribution is -0.133. The third-order valence-electron chi connectivity index (χ3n) is 18.1. The van der Waals surface area contributed by atoms with E-state index in [1.54, 1.807) is 4.90 Å². The second-order valence-corrected chi connectivity index (χ2v) is 22.8. The second kappa shape index (κ2) is 25.6. The third kappa shape index (κ3) is 14.1. The number of amides is 5. The number of piperidine rings is 2. The molecule has 7 atom stereocenters. The summed E-state index contributed by atoms with van der Waals surface area (Å²) in [6.45, 7) is 5.90. The van der Waals surface area contributed by atoms with Crippen LogP contribution in [-0.4, -0.2) is 120 Å². The van der Waals surface area contributed by atoms with Gasteiger partial charge in [0.05, 0.1) is 37.3 Å². The maximum absolute atomic E-state index is 15.1. The topological polar surface area (TPSA) is 197 Å². The van der Waals surface area contributed by atoms with Crippen LogP contribution in [0, 0.1) is 52.3 Å². The normalized spacial score (nSPS) is 30.9. The van der Waals surface area contributed by atoms with Crippen LogP contribution in [0.3, 0.4) is 0 Å². The molecule has 0 spiro atoms. The predicted molar refractivity (Wildman–Crippen MR) is 264 cm³/mol. The van der Waals surface area contributed by atoms with Crippen LogP contribution in [0.1, 0.15) is 193 Å². The number of ether oxygens (including phenoxy) is 1. The van der Waals surface area contributed by atoms with Gasteiger partial charge in [0.25, 0.3) is 0 Å². The summed E-state index contributed by atoms with van der Waals surface area (Å²) in [5.41, 5.74) is 3.52. The van der Waals surface area contributed by atoms with E-state index in [0.717, 1.165) is 103 Å². The van der Waals surface area contributed by atoms with Gasteiger partial charge in [-0.3, -0.25) is 19.3 Å². The van der Waals surface area contributed by atoms with Crippen molar-refractivity contribution in [3.05, 3.63) is 0 Å². The first-order chi connectivity index (χ1) is 33.0. The van der Waals surface area contributed by atoms with E-state index in [1.165, 1.54) is 51.4 Å². The van der Waals surface area contributed by atoms with Crippen molar-refractivity contribution < 1.29 is 23.9 Å². The van der Waals surface area contributed by atoms with Gasteiger partial charge in [-0.05, 0) is 94.4 Å². The molecular formula is C54H89N9O5. The molecule has 7 fully saturated rings. The van der Waals surface area contributed by atoms with E-state index in [4.69, 9.17) is 10.5 Å². The SMILES string of the molecule is CCCN1CCC(C#N)(NC(=O)C(CC2CCCCC2)NC(=O)N2CCOCC2C(CC2CCCCC2)C(=O)NC2(C#N)CCN(CCC(N)=O)C(C3CCCCC3)C2)CC1CC1CCCCC1. The second-order valence-electron chi connectivity index (χ2n) is 22.8. The van der Waals surface area contributed by atoms with Gasteiger partial charge in [-0.2, -0.15) is 10.5 Å². The minimum atomic E-state index is -1.09. The Kier molecular flexibility index (Phi) is 19.7. The summed E-state index contributed by atoms with van der Waals surface area (Å²) in [5.74, 6) is 0.198. The van der Waals surface area contributed by atoms with Crippen LogP contribution in [0.4, 0.5) is 4.79 Å². The van der Waals surface area contributed by atoms with Crippen molar-refractivity contribution in [3.8, 4) is 12.1 Å². The van der Waals surface area contributed by atoms with Gasteiger partial charge in [0.2, 0.25) is 17.7 Å². The smallest absolute Gasteiger partial charge is 0.318 e. The van der Waals surface area contributed by atoms with Crippen molar-refractivity contribution in [2.45, 2.75) is 228 Å². The Morgan fingerprint density at radius 2 is 1.25 bits per heavy atom. The molecule has 4 saturated carbocycles. The first-order valence-electron chi connectivity index (χ1n) is 27.9. The van der Waals surface area contributed by atoms with Crippen molar-refractivity contribution in [3.63, 3.8) is 0 Å². The first kappa shape index (κ1) is 52.4. The minimum absolute atomic E-state index is 0.0551. The molecule has 7 unspecified atom stereocenters. The number of carbonyl (C=O) groups excluding carboxylic acids is 4. The lowest BCUT2D eigenvalue weighted by atomic mass is 9.74. The summed E-state index contributed by atoms with van der Waals surface area (Å²) < 4.78 is 6.14. The van der Waals surface area contributed by atoms with Gasteiger partial charge in [0.15, 0.2) is 0 Å². The van der Waals surface area contributed by atoms with E-state index >= 15 is 4.79 Å². The summed E-state index contributed by atoms with van der Waals surface area (Å²) >= 11 is 0. The highest BCUT2D eigenvalue weighted by molar-refractivity contribution is 5.88. The average Bonchev–Trinajstić information content (AvgIpc) is 3.37. The summed E-state index contributed by atoms with van der Waals surface area (Å²) in [4.78, 5) is 63.5. The Hall–Kier alpha value is -3.46. The highest BCUT2D eigenvalue weighted by Crippen LogP contribution is 2.40. The Morgan fingerprint density at radius 1 is 0.691 bits per heavy atom. The van der Waals surface area contributed by atoms with E-state index in [1.807, 2.05) is 0 Å². The number of morpholine rings is 1. The highest BCUT2D eigenvalue weighted by Gasteiger charge is 2.48. The third-order valence-corrected chi connectivity index (χ3v) is 18.1. The number of nitrogens with one attached hydrogen (secondary N) is 3. The van der Waals surface area contributed by atoms with Gasteiger partial charge in [-0.1, -0.05) is 122 Å². The quantitative estimate of drug-likeness (QED) is 0.106. The molecule has 0 radical (unpaired) electrons. The lowest BCUT2D eigenvalue weighted by Crippen LogP contribution is -2.65. The Bertz CT molecular complexity index is 1730. The maximum atomic E-state index is 15.1. The zero-order valence-corrected chi connectivity index (χ0v) is 42.0. The molecule has 4 aliphatic carbocycles. The minimum Gasteiger partial charge on any atom is -0.377 e. The van der Waals surface area contributed by atoms with E-state index in [0.29, 0.717) is 76.0 Å². The number of carbonyl (C=O) groups is 4. The number of urea groups is 1. The summed E-state index contributed by atoms with van der Waals surface area (Å²) in [5, 5.41) is 31.8. The van der Waals surface area contributed by atoms with Crippen LogP contribution >= 0.6 is 0 Å². The summed E-state index contributed by atoms with van der Waals surface area (Å²) in [6, 6.07) is 3.72. The van der Waals surface area contributed by atoms with E-state index < -0.39 is 29.1 Å². The molecule has 0 aromatic heterocycles. The highest BCUT2D eigenvalue weighted by atomic mass is 16.5. The van der Waals surface area contributed by atoms with Crippen molar-refractivity contribution in [1.82, 2.24) is 30.7 Å². The van der Waals surface area contributed by atoms with Crippen LogP contribution in [0.5, 0.6) is 0 Å². The molecule has 3 aliphatic heterocycles. The standard InChI is InChI=1S/C54H89N9O5/c1-2-26-61-28-24-53(38-55,35-44(61)32-40-15-7-3-8-16-40)60-51(66)46(34-42-19-11-5-12-20-42)58-52(67)63-30-31-68-37-48(63)45(33-41-17-9-4-10-18-41)50(65)59-54(39-56)25-29-62(27-23-49(57)64)47(36-54)43-21-13-6-14-22-43/h40-48H,2-37H2,1H3,(H2,57,64)(H,58,67)(H,59,65)(H,60,66). The zero-order chi connectivity index (χ0) is 47.9. The average molecular weight is 944 g/mol. The molecule has 5 N–H and O–H groups in total. The summed E-state index contributed by atoms with van der Waals surface area (Å²) in [6.07, 6.45) is 28.3. The van der Waals surface area contributed by atoms with Gasteiger partial charge in [-0.25, -0.2) is 4.79 Å². The first-order valence-corrected chi connectivity index (χ1v) is 27.9. The molecule has 7 aliphatic rings. The van der Waals surface area contributed by atoms with Crippen molar-refractivity contribution in [2.24, 2.45) is 35.3 Å². The number of nitrogens with two attached hydrogens (primary N) is 1. The molecular weight excluding hydrogens is 855 g/mol. The van der Waals surface area contributed by atoms with Crippen LogP contribution in [0.2, 0.25) is 0 Å². The van der Waals surface area contributed by atoms with Crippen LogP contribution in [0.15, 0.2) is 0 Å². The van der Waals surface area contributed by atoms with Crippen molar-refractivity contribution in [1.29, 1.82) is 10.5 Å². The number of primary amides is 1. The molecule has 14 nitrogen and oxygen atoms in total. The fourth-order valence-corrected chi connectivity index (χ4v) is 14.2. The predicted octanol–water partition coefficient (Wildman–Crippen LogP) is 7.84. The number of likely N-dealkylation sites (tertiary alicyclic amines) is 2.